The van der Waals surface area contributed by atoms with E-state index in [-0.39, 0.29) is 5.91 Å². The van der Waals surface area contributed by atoms with Gasteiger partial charge in [-0.15, -0.1) is 10.2 Å². The zero-order valence-corrected chi connectivity index (χ0v) is 14.1. The van der Waals surface area contributed by atoms with Crippen LogP contribution < -0.4 is 10.6 Å². The first-order valence-corrected chi connectivity index (χ1v) is 8.02. The molecule has 0 bridgehead atoms. The van der Waals surface area contributed by atoms with Crippen LogP contribution in [-0.4, -0.2) is 39.0 Å². The lowest BCUT2D eigenvalue weighted by molar-refractivity contribution is -0.119. The number of urea groups is 1. The second-order valence-electron chi connectivity index (χ2n) is 4.93. The van der Waals surface area contributed by atoms with Crippen LogP contribution in [-0.2, 0) is 11.3 Å². The Balaban J connectivity index is 2.09. The van der Waals surface area contributed by atoms with Gasteiger partial charge in [0.1, 0.15) is 5.82 Å². The molecule has 2 N–H and O–H groups in total. The van der Waals surface area contributed by atoms with Gasteiger partial charge in [-0.1, -0.05) is 42.1 Å². The summed E-state index contributed by atoms with van der Waals surface area (Å²) in [5.41, 5.74) is 1.12. The number of benzene rings is 1. The van der Waals surface area contributed by atoms with Crippen LogP contribution in [0.2, 0.25) is 0 Å². The Kier molecular flexibility index (Phi) is 5.75. The summed E-state index contributed by atoms with van der Waals surface area (Å²) < 4.78 is 1.95. The van der Waals surface area contributed by atoms with Crippen molar-refractivity contribution in [1.29, 1.82) is 0 Å². The van der Waals surface area contributed by atoms with E-state index in [4.69, 9.17) is 0 Å². The van der Waals surface area contributed by atoms with E-state index < -0.39 is 11.3 Å². The van der Waals surface area contributed by atoms with Crippen molar-refractivity contribution >= 4 is 23.7 Å². The van der Waals surface area contributed by atoms with E-state index in [0.717, 1.165) is 11.4 Å². The summed E-state index contributed by atoms with van der Waals surface area (Å²) in [6, 6.07) is 9.43. The summed E-state index contributed by atoms with van der Waals surface area (Å²) in [4.78, 5) is 23.1. The minimum Gasteiger partial charge on any atom is -0.341 e. The highest BCUT2D eigenvalue weighted by molar-refractivity contribution is 8.00. The maximum Gasteiger partial charge on any atom is 0.321 e. The first-order valence-electron chi connectivity index (χ1n) is 7.14. The monoisotopic (exact) mass is 333 g/mol. The zero-order chi connectivity index (χ0) is 16.8. The van der Waals surface area contributed by atoms with Gasteiger partial charge >= 0.3 is 6.03 Å². The predicted octanol–water partition coefficient (Wildman–Crippen LogP) is 1.57. The smallest absolute Gasteiger partial charge is 0.321 e. The fourth-order valence-corrected chi connectivity index (χ4v) is 2.78. The van der Waals surface area contributed by atoms with Crippen molar-refractivity contribution in [3.63, 3.8) is 0 Å². The molecule has 0 aliphatic heterocycles. The van der Waals surface area contributed by atoms with Crippen molar-refractivity contribution in [1.82, 2.24) is 25.4 Å². The average Bonchev–Trinajstić information content (AvgIpc) is 2.88. The minimum absolute atomic E-state index is 0.374. The number of amides is 3. The molecule has 0 fully saturated rings. The Bertz CT molecular complexity index is 686. The van der Waals surface area contributed by atoms with E-state index in [0.29, 0.717) is 11.7 Å². The van der Waals surface area contributed by atoms with Crippen LogP contribution in [0, 0.1) is 6.92 Å². The first kappa shape index (κ1) is 17.0. The van der Waals surface area contributed by atoms with Crippen LogP contribution in [0.3, 0.4) is 0 Å². The van der Waals surface area contributed by atoms with Gasteiger partial charge in [0.2, 0.25) is 5.91 Å². The third kappa shape index (κ3) is 4.56. The van der Waals surface area contributed by atoms with Gasteiger partial charge in [-0.3, -0.25) is 10.1 Å². The Labute approximate surface area is 138 Å². The average molecular weight is 333 g/mol. The number of aryl methyl sites for hydroxylation is 1. The lowest BCUT2D eigenvalue weighted by atomic mass is 10.2. The second kappa shape index (κ2) is 7.77. The summed E-state index contributed by atoms with van der Waals surface area (Å²) in [6.07, 6.45) is 0. The molecule has 0 spiro atoms. The number of carbonyl (C=O) groups excluding carboxylic acids is 2. The van der Waals surface area contributed by atoms with Crippen LogP contribution in [0.5, 0.6) is 0 Å². The number of hydrogen-bond donors (Lipinski definition) is 2. The number of hydrogen-bond acceptors (Lipinski definition) is 5. The topological polar surface area (TPSA) is 88.9 Å². The third-order valence-corrected chi connectivity index (χ3v) is 4.28. The van der Waals surface area contributed by atoms with Gasteiger partial charge < -0.3 is 9.88 Å². The van der Waals surface area contributed by atoms with Crippen molar-refractivity contribution in [2.24, 2.45) is 0 Å². The number of rotatable bonds is 5. The molecule has 0 unspecified atom stereocenters. The summed E-state index contributed by atoms with van der Waals surface area (Å²) >= 11 is 1.27. The summed E-state index contributed by atoms with van der Waals surface area (Å²) in [7, 11) is 1.46. The number of nitrogens with one attached hydrogen (secondary N) is 2. The first-order chi connectivity index (χ1) is 11.0. The highest BCUT2D eigenvalue weighted by Crippen LogP contribution is 2.23. The second-order valence-corrected chi connectivity index (χ2v) is 6.24. The van der Waals surface area contributed by atoms with Crippen molar-refractivity contribution in [2.45, 2.75) is 30.8 Å². The Morgan fingerprint density at radius 3 is 2.61 bits per heavy atom. The molecule has 8 heteroatoms. The van der Waals surface area contributed by atoms with Gasteiger partial charge in [-0.05, 0) is 19.4 Å². The van der Waals surface area contributed by atoms with Crippen LogP contribution in [0.25, 0.3) is 0 Å². The largest absolute Gasteiger partial charge is 0.341 e. The normalized spacial score (nSPS) is 11.8. The van der Waals surface area contributed by atoms with E-state index in [1.165, 1.54) is 18.8 Å². The highest BCUT2D eigenvalue weighted by atomic mass is 32.2. The number of thioether (sulfide) groups is 1. The highest BCUT2D eigenvalue weighted by Gasteiger charge is 2.20. The zero-order valence-electron chi connectivity index (χ0n) is 13.2. The Hall–Kier alpha value is -2.35. The van der Waals surface area contributed by atoms with Gasteiger partial charge in [-0.25, -0.2) is 4.79 Å². The van der Waals surface area contributed by atoms with Crippen LogP contribution in [0.4, 0.5) is 4.79 Å². The molecule has 0 aliphatic rings. The molecule has 0 aliphatic carbocycles. The molecule has 0 radical (unpaired) electrons. The molecule has 1 heterocycles. The van der Waals surface area contributed by atoms with Crippen molar-refractivity contribution in [3.8, 4) is 0 Å². The number of aromatic nitrogens is 3. The van der Waals surface area contributed by atoms with E-state index >= 15 is 0 Å². The summed E-state index contributed by atoms with van der Waals surface area (Å²) in [5.74, 6) is 0.400. The Morgan fingerprint density at radius 2 is 1.96 bits per heavy atom. The number of carbonyl (C=O) groups is 2. The molecule has 3 amide bonds. The van der Waals surface area contributed by atoms with Crippen LogP contribution in [0.15, 0.2) is 35.5 Å². The standard InChI is InChI=1S/C15H19N5O2S/c1-10(13(21)17-14(22)16-3)23-15-19-18-11(2)20(15)9-12-7-5-4-6-8-12/h4-8,10H,9H2,1-3H3,(H2,16,17,21,22)/t10-/m1/s1. The predicted molar refractivity (Wildman–Crippen MR) is 88.2 cm³/mol. The molecule has 2 aromatic rings. The van der Waals surface area contributed by atoms with Gasteiger partial charge in [-0.2, -0.15) is 0 Å². The fourth-order valence-electron chi connectivity index (χ4n) is 1.88. The fraction of sp³-hybridized carbons (Fsp3) is 0.333. The molecule has 0 saturated heterocycles. The van der Waals surface area contributed by atoms with E-state index in [1.54, 1.807) is 6.92 Å². The quantitative estimate of drug-likeness (QED) is 0.811. The van der Waals surface area contributed by atoms with E-state index in [9.17, 15) is 9.59 Å². The summed E-state index contributed by atoms with van der Waals surface area (Å²) in [5, 5.41) is 13.0. The summed E-state index contributed by atoms with van der Waals surface area (Å²) in [6.45, 7) is 4.22. The molecule has 1 aromatic carbocycles. The Morgan fingerprint density at radius 1 is 1.26 bits per heavy atom. The minimum atomic E-state index is -0.524. The third-order valence-electron chi connectivity index (χ3n) is 3.20. The van der Waals surface area contributed by atoms with E-state index in [2.05, 4.69) is 20.8 Å². The van der Waals surface area contributed by atoms with Crippen molar-refractivity contribution < 1.29 is 9.59 Å². The number of nitrogens with zero attached hydrogens (tertiary/aromatic N) is 3. The molecular weight excluding hydrogens is 314 g/mol. The molecule has 2 rings (SSSR count). The lowest BCUT2D eigenvalue weighted by Crippen LogP contribution is -2.41. The molecule has 23 heavy (non-hydrogen) atoms. The maximum absolute atomic E-state index is 11.9. The molecular formula is C15H19N5O2S. The van der Waals surface area contributed by atoms with Crippen LogP contribution in [0.1, 0.15) is 18.3 Å². The van der Waals surface area contributed by atoms with Crippen LogP contribution >= 0.6 is 11.8 Å². The van der Waals surface area contributed by atoms with Gasteiger partial charge in [0.05, 0.1) is 11.8 Å². The number of imide groups is 1. The van der Waals surface area contributed by atoms with E-state index in [1.807, 2.05) is 41.8 Å². The molecule has 1 atom stereocenters. The molecule has 1 aromatic heterocycles. The van der Waals surface area contributed by atoms with Gasteiger partial charge in [0.15, 0.2) is 5.16 Å². The maximum atomic E-state index is 11.9. The van der Waals surface area contributed by atoms with Crippen molar-refractivity contribution in [3.05, 3.63) is 41.7 Å². The van der Waals surface area contributed by atoms with Gasteiger partial charge in [0.25, 0.3) is 0 Å². The molecule has 0 saturated carbocycles. The van der Waals surface area contributed by atoms with Gasteiger partial charge in [0, 0.05) is 7.05 Å². The van der Waals surface area contributed by atoms with Crippen molar-refractivity contribution in [2.75, 3.05) is 7.05 Å². The molecule has 7 nitrogen and oxygen atoms in total. The molecule has 122 valence electrons. The SMILES string of the molecule is CNC(=O)NC(=O)[C@@H](C)Sc1nnc(C)n1Cc1ccccc1. The lowest BCUT2D eigenvalue weighted by Gasteiger charge is -2.12.